The Morgan fingerprint density at radius 2 is 1.85 bits per heavy atom. The van der Waals surface area contributed by atoms with Crippen LogP contribution in [0.3, 0.4) is 0 Å². The monoisotopic (exact) mass is 494 g/mol. The molecule has 3 heterocycles. The largest absolute Gasteiger partial charge is 0.378 e. The Balaban J connectivity index is 1.43. The molecule has 2 amide bonds. The fourth-order valence-electron chi connectivity index (χ4n) is 4.07. The van der Waals surface area contributed by atoms with Crippen LogP contribution in [-0.2, 0) is 4.74 Å². The van der Waals surface area contributed by atoms with Gasteiger partial charge in [-0.15, -0.1) is 11.3 Å². The summed E-state index contributed by atoms with van der Waals surface area (Å²) in [4.78, 5) is 29.4. The van der Waals surface area contributed by atoms with E-state index in [1.165, 1.54) is 11.3 Å². The van der Waals surface area contributed by atoms with Gasteiger partial charge in [-0.2, -0.15) is 5.10 Å². The molecule has 9 heteroatoms. The number of thiophene rings is 1. The van der Waals surface area contributed by atoms with Gasteiger partial charge in [-0.3, -0.25) is 9.59 Å². The highest BCUT2D eigenvalue weighted by atomic mass is 35.5. The molecule has 174 valence electrons. The summed E-state index contributed by atoms with van der Waals surface area (Å²) in [6, 6.07) is 14.7. The molecule has 34 heavy (non-hydrogen) atoms. The number of morpholine rings is 1. The van der Waals surface area contributed by atoms with Crippen LogP contribution >= 0.6 is 22.9 Å². The Hall–Kier alpha value is -3.20. The van der Waals surface area contributed by atoms with Crippen molar-refractivity contribution in [2.24, 2.45) is 0 Å². The number of fused-ring (bicyclic) bond motifs is 1. The summed E-state index contributed by atoms with van der Waals surface area (Å²) in [5.74, 6) is -0.278. The number of hydrogen-bond donors (Lipinski definition) is 1. The molecule has 2 aromatic heterocycles. The molecule has 0 bridgehead atoms. The summed E-state index contributed by atoms with van der Waals surface area (Å²) in [5, 5.41) is 9.09. The molecule has 1 aliphatic heterocycles. The third-order valence-corrected chi connectivity index (χ3v) is 7.39. The van der Waals surface area contributed by atoms with Gasteiger partial charge in [-0.05, 0) is 49.7 Å². The van der Waals surface area contributed by atoms with E-state index < -0.39 is 0 Å². The zero-order chi connectivity index (χ0) is 23.8. The van der Waals surface area contributed by atoms with E-state index >= 15 is 0 Å². The number of amides is 2. The van der Waals surface area contributed by atoms with Crippen molar-refractivity contribution in [3.05, 3.63) is 75.3 Å². The minimum Gasteiger partial charge on any atom is -0.378 e. The minimum absolute atomic E-state index is 0.0470. The Bertz CT molecular complexity index is 1400. The minimum atomic E-state index is -0.231. The molecule has 7 nitrogen and oxygen atoms in total. The van der Waals surface area contributed by atoms with Crippen LogP contribution in [0.2, 0.25) is 5.02 Å². The van der Waals surface area contributed by atoms with E-state index in [0.29, 0.717) is 47.5 Å². The first kappa shape index (κ1) is 22.6. The van der Waals surface area contributed by atoms with Crippen molar-refractivity contribution in [3.63, 3.8) is 0 Å². The van der Waals surface area contributed by atoms with Crippen molar-refractivity contribution >= 4 is 50.7 Å². The number of nitrogens with one attached hydrogen (secondary N) is 1. The summed E-state index contributed by atoms with van der Waals surface area (Å²) in [6.07, 6.45) is 0. The number of para-hydroxylation sites is 1. The third-order valence-electron chi connectivity index (χ3n) is 5.96. The first-order valence-electron chi connectivity index (χ1n) is 11.0. The van der Waals surface area contributed by atoms with Crippen molar-refractivity contribution in [2.75, 3.05) is 31.6 Å². The SMILES string of the molecule is Cc1c(NC(=O)c2cc3c(C)nn(-c4ccccc4Cl)c3s2)cccc1C(=O)N1CCOCC1. The van der Waals surface area contributed by atoms with Gasteiger partial charge in [0.2, 0.25) is 0 Å². The van der Waals surface area contributed by atoms with Gasteiger partial charge in [-0.25, -0.2) is 4.68 Å². The zero-order valence-corrected chi connectivity index (χ0v) is 20.4. The summed E-state index contributed by atoms with van der Waals surface area (Å²) in [5.41, 5.74) is 3.53. The number of anilines is 1. The summed E-state index contributed by atoms with van der Waals surface area (Å²) >= 11 is 7.74. The maximum atomic E-state index is 13.2. The van der Waals surface area contributed by atoms with Crippen LogP contribution in [-0.4, -0.2) is 52.8 Å². The number of carbonyl (C=O) groups is 2. The summed E-state index contributed by atoms with van der Waals surface area (Å²) < 4.78 is 7.13. The molecule has 1 N–H and O–H groups in total. The van der Waals surface area contributed by atoms with Crippen LogP contribution in [0.25, 0.3) is 15.9 Å². The van der Waals surface area contributed by atoms with E-state index in [4.69, 9.17) is 16.3 Å². The molecular formula is C25H23ClN4O3S. The second-order valence-corrected chi connectivity index (χ2v) is 9.55. The van der Waals surface area contributed by atoms with Crippen LogP contribution < -0.4 is 5.32 Å². The second kappa shape index (κ2) is 9.21. The highest BCUT2D eigenvalue weighted by molar-refractivity contribution is 7.20. The Labute approximate surface area is 205 Å². The van der Waals surface area contributed by atoms with E-state index in [-0.39, 0.29) is 11.8 Å². The highest BCUT2D eigenvalue weighted by Crippen LogP contribution is 2.33. The average Bonchev–Trinajstić information content (AvgIpc) is 3.42. The quantitative estimate of drug-likeness (QED) is 0.429. The van der Waals surface area contributed by atoms with E-state index in [0.717, 1.165) is 27.2 Å². The molecule has 0 aliphatic carbocycles. The van der Waals surface area contributed by atoms with Crippen molar-refractivity contribution in [3.8, 4) is 5.69 Å². The number of benzene rings is 2. The smallest absolute Gasteiger partial charge is 0.265 e. The van der Waals surface area contributed by atoms with E-state index in [2.05, 4.69) is 10.4 Å². The van der Waals surface area contributed by atoms with Gasteiger partial charge in [0.1, 0.15) is 4.83 Å². The van der Waals surface area contributed by atoms with Crippen molar-refractivity contribution in [1.29, 1.82) is 0 Å². The van der Waals surface area contributed by atoms with Crippen molar-refractivity contribution < 1.29 is 14.3 Å². The summed E-state index contributed by atoms with van der Waals surface area (Å²) in [6.45, 7) is 5.98. The lowest BCUT2D eigenvalue weighted by atomic mass is 10.0. The molecule has 4 aromatic rings. The van der Waals surface area contributed by atoms with Crippen molar-refractivity contribution in [2.45, 2.75) is 13.8 Å². The summed E-state index contributed by atoms with van der Waals surface area (Å²) in [7, 11) is 0. The van der Waals surface area contributed by atoms with Crippen LogP contribution in [0.15, 0.2) is 48.5 Å². The first-order chi connectivity index (χ1) is 16.4. The molecule has 5 rings (SSSR count). The van der Waals surface area contributed by atoms with E-state index in [1.807, 2.05) is 50.2 Å². The van der Waals surface area contributed by atoms with E-state index in [1.54, 1.807) is 21.7 Å². The number of aryl methyl sites for hydroxylation is 1. The molecule has 0 atom stereocenters. The lowest BCUT2D eigenvalue weighted by Gasteiger charge is -2.27. The number of nitrogens with zero attached hydrogens (tertiary/aromatic N) is 3. The average molecular weight is 495 g/mol. The Kier molecular flexibility index (Phi) is 6.12. The fourth-order valence-corrected chi connectivity index (χ4v) is 5.36. The standard InChI is InChI=1S/C25H23ClN4O3S/c1-15-17(24(32)29-10-12-33-13-11-29)6-5-8-20(15)27-23(31)22-14-18-16(2)28-30(25(18)34-22)21-9-4-3-7-19(21)26/h3-9,14H,10-13H2,1-2H3,(H,27,31). The molecule has 1 saturated heterocycles. The molecule has 0 saturated carbocycles. The first-order valence-corrected chi connectivity index (χ1v) is 12.2. The Morgan fingerprint density at radius 3 is 2.62 bits per heavy atom. The van der Waals surface area contributed by atoms with Crippen LogP contribution in [0.5, 0.6) is 0 Å². The van der Waals surface area contributed by atoms with E-state index in [9.17, 15) is 9.59 Å². The van der Waals surface area contributed by atoms with Gasteiger partial charge in [-0.1, -0.05) is 29.8 Å². The highest BCUT2D eigenvalue weighted by Gasteiger charge is 2.22. The van der Waals surface area contributed by atoms with Gasteiger partial charge in [0.05, 0.1) is 34.5 Å². The fraction of sp³-hybridized carbons (Fsp3) is 0.240. The number of ether oxygens (including phenoxy) is 1. The lowest BCUT2D eigenvalue weighted by molar-refractivity contribution is 0.0302. The third kappa shape index (κ3) is 4.09. The van der Waals surface area contributed by atoms with Crippen LogP contribution in [0.4, 0.5) is 5.69 Å². The van der Waals surface area contributed by atoms with Gasteiger partial charge in [0.25, 0.3) is 11.8 Å². The number of hydrogen-bond acceptors (Lipinski definition) is 5. The molecule has 0 spiro atoms. The predicted molar refractivity (Wildman–Crippen MR) is 135 cm³/mol. The number of halogens is 1. The number of aromatic nitrogens is 2. The van der Waals surface area contributed by atoms with Gasteiger partial charge in [0.15, 0.2) is 0 Å². The maximum Gasteiger partial charge on any atom is 0.265 e. The second-order valence-electron chi connectivity index (χ2n) is 8.11. The van der Waals surface area contributed by atoms with Gasteiger partial charge < -0.3 is 15.0 Å². The van der Waals surface area contributed by atoms with Crippen LogP contribution in [0, 0.1) is 13.8 Å². The number of carbonyl (C=O) groups excluding carboxylic acids is 2. The molecule has 1 fully saturated rings. The topological polar surface area (TPSA) is 76.5 Å². The molecule has 2 aromatic carbocycles. The molecule has 0 unspecified atom stereocenters. The lowest BCUT2D eigenvalue weighted by Crippen LogP contribution is -2.41. The molecule has 0 radical (unpaired) electrons. The maximum absolute atomic E-state index is 13.2. The Morgan fingerprint density at radius 1 is 1.09 bits per heavy atom. The predicted octanol–water partition coefficient (Wildman–Crippen LogP) is 5.08. The van der Waals surface area contributed by atoms with Crippen LogP contribution in [0.1, 0.15) is 31.3 Å². The normalized spacial score (nSPS) is 13.9. The zero-order valence-electron chi connectivity index (χ0n) is 18.8. The molecular weight excluding hydrogens is 472 g/mol. The van der Waals surface area contributed by atoms with Gasteiger partial charge in [0, 0.05) is 29.7 Å². The van der Waals surface area contributed by atoms with Gasteiger partial charge >= 0.3 is 0 Å². The number of rotatable bonds is 4. The van der Waals surface area contributed by atoms with Crippen molar-refractivity contribution in [1.82, 2.24) is 14.7 Å². The molecule has 1 aliphatic rings.